The summed E-state index contributed by atoms with van der Waals surface area (Å²) in [7, 11) is 0. The molecule has 2 aromatic rings. The highest BCUT2D eigenvalue weighted by atomic mass is 16.4. The molecule has 2 aromatic heterocycles. The Morgan fingerprint density at radius 3 is 3.14 bits per heavy atom. The van der Waals surface area contributed by atoms with Gasteiger partial charge in [0.25, 0.3) is 5.91 Å². The van der Waals surface area contributed by atoms with Gasteiger partial charge < -0.3 is 9.73 Å². The Hall–Kier alpha value is -2.04. The molecule has 0 bridgehead atoms. The van der Waals surface area contributed by atoms with Crippen molar-refractivity contribution in [3.8, 4) is 0 Å². The van der Waals surface area contributed by atoms with E-state index in [1.165, 1.54) is 12.8 Å². The second-order valence-corrected chi connectivity index (χ2v) is 5.91. The molecule has 1 N–H and O–H groups in total. The average molecular weight is 287 g/mol. The zero-order valence-corrected chi connectivity index (χ0v) is 12.3. The number of carbonyl (C=O) groups is 1. The van der Waals surface area contributed by atoms with E-state index in [0.29, 0.717) is 18.2 Å². The maximum atomic E-state index is 12.2. The summed E-state index contributed by atoms with van der Waals surface area (Å²) in [4.78, 5) is 12.2. The Labute approximate surface area is 124 Å². The Bertz CT molecular complexity index is 588. The van der Waals surface area contributed by atoms with Crippen molar-refractivity contribution in [3.05, 3.63) is 42.1 Å². The average Bonchev–Trinajstić information content (AvgIpc) is 3.11. The molecule has 1 aliphatic carbocycles. The standard InChI is InChI=1S/C16H21N3O2/c1-12-4-2-5-13(10-12)18-16(20)15-7-6-14(21-15)11-19-9-3-8-17-19/h3,6-9,12-13H,2,4-5,10-11H2,1H3,(H,18,20)/t12-,13+/m0/s1. The number of rotatable bonds is 4. The largest absolute Gasteiger partial charge is 0.454 e. The van der Waals surface area contributed by atoms with Gasteiger partial charge in [0.1, 0.15) is 5.76 Å². The van der Waals surface area contributed by atoms with Crippen LogP contribution in [0.15, 0.2) is 35.0 Å². The topological polar surface area (TPSA) is 60.1 Å². The molecule has 5 heteroatoms. The highest BCUT2D eigenvalue weighted by Gasteiger charge is 2.22. The number of aromatic nitrogens is 2. The molecule has 21 heavy (non-hydrogen) atoms. The fourth-order valence-corrected chi connectivity index (χ4v) is 2.96. The van der Waals surface area contributed by atoms with Gasteiger partial charge in [0, 0.05) is 18.4 Å². The first-order valence-corrected chi connectivity index (χ1v) is 7.57. The van der Waals surface area contributed by atoms with Crippen LogP contribution in [0.1, 0.15) is 48.9 Å². The zero-order valence-electron chi connectivity index (χ0n) is 12.3. The van der Waals surface area contributed by atoms with Crippen LogP contribution in [-0.2, 0) is 6.54 Å². The van der Waals surface area contributed by atoms with E-state index >= 15 is 0 Å². The highest BCUT2D eigenvalue weighted by molar-refractivity contribution is 5.91. The van der Waals surface area contributed by atoms with Crippen molar-refractivity contribution in [2.45, 2.75) is 45.2 Å². The van der Waals surface area contributed by atoms with Crippen LogP contribution < -0.4 is 5.32 Å². The van der Waals surface area contributed by atoms with Crippen molar-refractivity contribution in [2.75, 3.05) is 0 Å². The number of nitrogens with one attached hydrogen (secondary N) is 1. The molecule has 1 fully saturated rings. The minimum absolute atomic E-state index is 0.110. The number of hydrogen-bond acceptors (Lipinski definition) is 3. The SMILES string of the molecule is C[C@H]1CCC[C@@H](NC(=O)c2ccc(Cn3cccn3)o2)C1. The summed E-state index contributed by atoms with van der Waals surface area (Å²) in [5, 5.41) is 7.21. The van der Waals surface area contributed by atoms with Crippen LogP contribution in [0.25, 0.3) is 0 Å². The van der Waals surface area contributed by atoms with Crippen LogP contribution in [0.2, 0.25) is 0 Å². The number of hydrogen-bond donors (Lipinski definition) is 1. The smallest absolute Gasteiger partial charge is 0.287 e. The van der Waals surface area contributed by atoms with E-state index in [4.69, 9.17) is 4.42 Å². The van der Waals surface area contributed by atoms with E-state index in [9.17, 15) is 4.79 Å². The number of carbonyl (C=O) groups excluding carboxylic acids is 1. The maximum absolute atomic E-state index is 12.2. The summed E-state index contributed by atoms with van der Waals surface area (Å²) in [6.07, 6.45) is 8.17. The van der Waals surface area contributed by atoms with Gasteiger partial charge >= 0.3 is 0 Å². The van der Waals surface area contributed by atoms with E-state index in [2.05, 4.69) is 17.3 Å². The van der Waals surface area contributed by atoms with Gasteiger partial charge in [-0.15, -0.1) is 0 Å². The molecule has 2 heterocycles. The number of nitrogens with zero attached hydrogens (tertiary/aromatic N) is 2. The van der Waals surface area contributed by atoms with Gasteiger partial charge in [0.05, 0.1) is 6.54 Å². The van der Waals surface area contributed by atoms with Crippen molar-refractivity contribution in [3.63, 3.8) is 0 Å². The summed E-state index contributed by atoms with van der Waals surface area (Å²) in [6, 6.07) is 5.71. The first-order valence-electron chi connectivity index (χ1n) is 7.57. The quantitative estimate of drug-likeness (QED) is 0.940. The first-order chi connectivity index (χ1) is 10.2. The normalized spacial score (nSPS) is 22.1. The summed E-state index contributed by atoms with van der Waals surface area (Å²) in [6.45, 7) is 2.79. The third kappa shape index (κ3) is 3.54. The molecule has 1 aliphatic rings. The van der Waals surface area contributed by atoms with Gasteiger partial charge in [-0.2, -0.15) is 5.10 Å². The van der Waals surface area contributed by atoms with Gasteiger partial charge in [-0.25, -0.2) is 0 Å². The fourth-order valence-electron chi connectivity index (χ4n) is 2.96. The van der Waals surface area contributed by atoms with E-state index in [-0.39, 0.29) is 11.9 Å². The molecule has 1 saturated carbocycles. The van der Waals surface area contributed by atoms with E-state index < -0.39 is 0 Å². The Morgan fingerprint density at radius 2 is 2.38 bits per heavy atom. The molecule has 1 amide bonds. The molecule has 0 aliphatic heterocycles. The fraction of sp³-hybridized carbons (Fsp3) is 0.500. The Balaban J connectivity index is 1.58. The molecule has 3 rings (SSSR count). The minimum atomic E-state index is -0.110. The van der Waals surface area contributed by atoms with Gasteiger partial charge in [-0.05, 0) is 37.0 Å². The second-order valence-electron chi connectivity index (χ2n) is 5.91. The van der Waals surface area contributed by atoms with Gasteiger partial charge in [0.15, 0.2) is 5.76 Å². The van der Waals surface area contributed by atoms with Crippen LogP contribution in [0, 0.1) is 5.92 Å². The lowest BCUT2D eigenvalue weighted by Crippen LogP contribution is -2.37. The molecular weight excluding hydrogens is 266 g/mol. The van der Waals surface area contributed by atoms with Crippen LogP contribution in [0.4, 0.5) is 0 Å². The van der Waals surface area contributed by atoms with Gasteiger partial charge in [0.2, 0.25) is 0 Å². The van der Waals surface area contributed by atoms with Crippen LogP contribution >= 0.6 is 0 Å². The number of furan rings is 1. The molecule has 0 aromatic carbocycles. The zero-order chi connectivity index (χ0) is 14.7. The summed E-state index contributed by atoms with van der Waals surface area (Å²) in [5.74, 6) is 1.70. The second kappa shape index (κ2) is 6.16. The Kier molecular flexibility index (Phi) is 4.08. The molecule has 0 spiro atoms. The molecule has 112 valence electrons. The first kappa shape index (κ1) is 13.9. The third-order valence-electron chi connectivity index (χ3n) is 4.03. The molecule has 0 saturated heterocycles. The van der Waals surface area contributed by atoms with Crippen molar-refractivity contribution >= 4 is 5.91 Å². The van der Waals surface area contributed by atoms with Crippen molar-refractivity contribution in [2.24, 2.45) is 5.92 Å². The molecule has 0 radical (unpaired) electrons. The van der Waals surface area contributed by atoms with E-state index in [1.54, 1.807) is 16.9 Å². The third-order valence-corrected chi connectivity index (χ3v) is 4.03. The van der Waals surface area contributed by atoms with E-state index in [0.717, 1.165) is 18.6 Å². The predicted molar refractivity (Wildman–Crippen MR) is 78.9 cm³/mol. The van der Waals surface area contributed by atoms with Gasteiger partial charge in [-0.3, -0.25) is 9.48 Å². The van der Waals surface area contributed by atoms with Crippen LogP contribution in [0.5, 0.6) is 0 Å². The lowest BCUT2D eigenvalue weighted by atomic mass is 9.87. The van der Waals surface area contributed by atoms with E-state index in [1.807, 2.05) is 18.3 Å². The van der Waals surface area contributed by atoms with Crippen molar-refractivity contribution in [1.82, 2.24) is 15.1 Å². The predicted octanol–water partition coefficient (Wildman–Crippen LogP) is 2.83. The molecule has 2 atom stereocenters. The summed E-state index contributed by atoms with van der Waals surface area (Å²) < 4.78 is 7.38. The summed E-state index contributed by atoms with van der Waals surface area (Å²) >= 11 is 0. The van der Waals surface area contributed by atoms with Crippen molar-refractivity contribution in [1.29, 1.82) is 0 Å². The molecule has 5 nitrogen and oxygen atoms in total. The maximum Gasteiger partial charge on any atom is 0.287 e. The summed E-state index contributed by atoms with van der Waals surface area (Å²) in [5.41, 5.74) is 0. The minimum Gasteiger partial charge on any atom is -0.454 e. The lowest BCUT2D eigenvalue weighted by molar-refractivity contribution is 0.0891. The van der Waals surface area contributed by atoms with Crippen LogP contribution in [-0.4, -0.2) is 21.7 Å². The molecule has 0 unspecified atom stereocenters. The van der Waals surface area contributed by atoms with Crippen molar-refractivity contribution < 1.29 is 9.21 Å². The van der Waals surface area contributed by atoms with Crippen LogP contribution in [0.3, 0.4) is 0 Å². The monoisotopic (exact) mass is 287 g/mol. The highest BCUT2D eigenvalue weighted by Crippen LogP contribution is 2.23. The Morgan fingerprint density at radius 1 is 1.48 bits per heavy atom. The number of amides is 1. The molecular formula is C16H21N3O2. The van der Waals surface area contributed by atoms with Gasteiger partial charge in [-0.1, -0.05) is 19.8 Å². The lowest BCUT2D eigenvalue weighted by Gasteiger charge is -2.27.